The van der Waals surface area contributed by atoms with Crippen molar-refractivity contribution in [2.75, 3.05) is 0 Å². The van der Waals surface area contributed by atoms with Gasteiger partial charge in [0.1, 0.15) is 11.5 Å². The molecule has 0 aromatic heterocycles. The van der Waals surface area contributed by atoms with E-state index in [4.69, 9.17) is 9.05 Å². The Balaban J connectivity index is 1.93. The molecule has 0 radical (unpaired) electrons. The molecule has 4 rings (SSSR count). The highest BCUT2D eigenvalue weighted by Crippen LogP contribution is 2.57. The second-order valence-corrected chi connectivity index (χ2v) is 11.7. The van der Waals surface area contributed by atoms with Crippen LogP contribution in [0.15, 0.2) is 66.7 Å². The van der Waals surface area contributed by atoms with Crippen molar-refractivity contribution >= 4 is 12.9 Å². The van der Waals surface area contributed by atoms with E-state index in [0.29, 0.717) is 16.8 Å². The van der Waals surface area contributed by atoms with Crippen LogP contribution in [-0.4, -0.2) is 0 Å². The predicted octanol–water partition coefficient (Wildman–Crippen LogP) is 7.24. The summed E-state index contributed by atoms with van der Waals surface area (Å²) in [6.07, 6.45) is 0. The van der Waals surface area contributed by atoms with E-state index in [0.717, 1.165) is 22.3 Å². The largest absolute Gasteiger partial charge is 0.463 e. The number of rotatable bonds is 2. The minimum absolute atomic E-state index is 0.178. The zero-order valence-corrected chi connectivity index (χ0v) is 19.4. The van der Waals surface area contributed by atoms with Gasteiger partial charge in [0.05, 0.1) is 5.30 Å². The number of hydrogen-bond acceptors (Lipinski definition) is 3. The highest BCUT2D eigenvalue weighted by molar-refractivity contribution is 7.63. The van der Waals surface area contributed by atoms with Crippen molar-refractivity contribution < 1.29 is 13.6 Å². The molecular weight excluding hydrogens is 391 g/mol. The van der Waals surface area contributed by atoms with Gasteiger partial charge < -0.3 is 9.05 Å². The zero-order chi connectivity index (χ0) is 21.7. The van der Waals surface area contributed by atoms with Gasteiger partial charge in [0.2, 0.25) is 0 Å². The van der Waals surface area contributed by atoms with Crippen molar-refractivity contribution in [1.82, 2.24) is 0 Å². The van der Waals surface area contributed by atoms with Gasteiger partial charge in [-0.3, -0.25) is 0 Å². The first-order chi connectivity index (χ1) is 14.0. The molecule has 1 aliphatic heterocycles. The van der Waals surface area contributed by atoms with E-state index in [-0.39, 0.29) is 10.8 Å². The predicted molar refractivity (Wildman–Crippen MR) is 124 cm³/mol. The molecule has 4 heteroatoms. The molecule has 1 aliphatic rings. The minimum atomic E-state index is -3.65. The molecule has 0 amide bonds. The van der Waals surface area contributed by atoms with E-state index in [1.807, 2.05) is 48.5 Å². The summed E-state index contributed by atoms with van der Waals surface area (Å²) in [4.78, 5) is 0. The second kappa shape index (κ2) is 7.03. The van der Waals surface area contributed by atoms with Crippen LogP contribution in [0.2, 0.25) is 0 Å². The Hall–Kier alpha value is -2.51. The molecule has 1 heterocycles. The Labute approximate surface area is 179 Å². The molecule has 30 heavy (non-hydrogen) atoms. The first kappa shape index (κ1) is 20.8. The van der Waals surface area contributed by atoms with Gasteiger partial charge in [0.25, 0.3) is 0 Å². The Morgan fingerprint density at radius 1 is 0.700 bits per heavy atom. The van der Waals surface area contributed by atoms with Crippen LogP contribution < -0.4 is 14.4 Å². The van der Waals surface area contributed by atoms with Gasteiger partial charge in [-0.25, -0.2) is 4.57 Å². The smallest absolute Gasteiger partial charge is 0.412 e. The van der Waals surface area contributed by atoms with Gasteiger partial charge in [0.15, 0.2) is 0 Å². The number of benzene rings is 3. The van der Waals surface area contributed by atoms with Crippen LogP contribution in [0.4, 0.5) is 0 Å². The maximum absolute atomic E-state index is 14.3. The standard InChI is InChI=1S/C26H29O3P/c1-25(2,3)20-14-11-15-21(26(4,5)6)24(20)29-30(27)23-17-10-8-13-19(23)18-12-7-9-16-22(18)28-30/h7-17H,1-6H3. The van der Waals surface area contributed by atoms with Gasteiger partial charge in [-0.15, -0.1) is 0 Å². The summed E-state index contributed by atoms with van der Waals surface area (Å²) < 4.78 is 26.9. The number of hydrogen-bond donors (Lipinski definition) is 0. The van der Waals surface area contributed by atoms with Crippen LogP contribution >= 0.6 is 7.60 Å². The SMILES string of the molecule is CC(C)(C)c1cccc(C(C)(C)C)c1OP1(=O)Oc2ccccc2-c2ccccc21. The van der Waals surface area contributed by atoms with Gasteiger partial charge in [-0.2, -0.15) is 0 Å². The van der Waals surface area contributed by atoms with Crippen molar-refractivity contribution in [2.24, 2.45) is 0 Å². The summed E-state index contributed by atoms with van der Waals surface area (Å²) in [6, 6.07) is 21.5. The van der Waals surface area contributed by atoms with Crippen LogP contribution in [0.1, 0.15) is 52.7 Å². The first-order valence-corrected chi connectivity index (χ1v) is 11.9. The second-order valence-electron chi connectivity index (χ2n) is 9.88. The zero-order valence-electron chi connectivity index (χ0n) is 18.5. The van der Waals surface area contributed by atoms with Crippen molar-refractivity contribution in [2.45, 2.75) is 52.4 Å². The van der Waals surface area contributed by atoms with Crippen molar-refractivity contribution in [3.63, 3.8) is 0 Å². The molecule has 156 valence electrons. The molecule has 0 N–H and O–H groups in total. The summed E-state index contributed by atoms with van der Waals surface area (Å²) in [5.41, 5.74) is 3.51. The van der Waals surface area contributed by atoms with E-state index < -0.39 is 7.60 Å². The molecule has 0 bridgehead atoms. The topological polar surface area (TPSA) is 35.5 Å². The lowest BCUT2D eigenvalue weighted by atomic mass is 9.80. The fourth-order valence-electron chi connectivity index (χ4n) is 3.89. The molecular formula is C26H29O3P. The van der Waals surface area contributed by atoms with E-state index in [1.165, 1.54) is 0 Å². The molecule has 0 spiro atoms. The molecule has 3 aromatic rings. The summed E-state index contributed by atoms with van der Waals surface area (Å²) in [7, 11) is -3.65. The van der Waals surface area contributed by atoms with Crippen LogP contribution in [0.5, 0.6) is 11.5 Å². The fraction of sp³-hybridized carbons (Fsp3) is 0.308. The van der Waals surface area contributed by atoms with Gasteiger partial charge in [-0.1, -0.05) is 96.1 Å². The van der Waals surface area contributed by atoms with E-state index in [2.05, 4.69) is 59.7 Å². The maximum Gasteiger partial charge on any atom is 0.463 e. The maximum atomic E-state index is 14.3. The normalized spacial score (nSPS) is 18.2. The first-order valence-electron chi connectivity index (χ1n) is 10.3. The van der Waals surface area contributed by atoms with E-state index in [9.17, 15) is 4.57 Å². The number of para-hydroxylation sites is 2. The summed E-state index contributed by atoms with van der Waals surface area (Å²) in [5, 5.41) is 0.604. The molecule has 1 unspecified atom stereocenters. The van der Waals surface area contributed by atoms with Crippen LogP contribution in [0.3, 0.4) is 0 Å². The lowest BCUT2D eigenvalue weighted by molar-refractivity contribution is 0.385. The van der Waals surface area contributed by atoms with Crippen molar-refractivity contribution in [1.29, 1.82) is 0 Å². The molecule has 3 nitrogen and oxygen atoms in total. The Kier molecular flexibility index (Phi) is 4.86. The quantitative estimate of drug-likeness (QED) is 0.410. The van der Waals surface area contributed by atoms with Gasteiger partial charge in [0, 0.05) is 22.3 Å². The summed E-state index contributed by atoms with van der Waals surface area (Å²) in [5.74, 6) is 1.25. The molecule has 0 aliphatic carbocycles. The van der Waals surface area contributed by atoms with Crippen molar-refractivity contribution in [3.05, 3.63) is 77.9 Å². The van der Waals surface area contributed by atoms with Crippen molar-refractivity contribution in [3.8, 4) is 22.6 Å². The van der Waals surface area contributed by atoms with E-state index >= 15 is 0 Å². The molecule has 0 saturated heterocycles. The third kappa shape index (κ3) is 3.56. The lowest BCUT2D eigenvalue weighted by Gasteiger charge is -2.33. The third-order valence-corrected chi connectivity index (χ3v) is 7.28. The fourth-order valence-corrected chi connectivity index (χ4v) is 5.74. The molecule has 3 aromatic carbocycles. The Morgan fingerprint density at radius 2 is 1.23 bits per heavy atom. The van der Waals surface area contributed by atoms with Gasteiger partial charge in [-0.05, 0) is 23.0 Å². The Bertz CT molecular complexity index is 1120. The monoisotopic (exact) mass is 420 g/mol. The van der Waals surface area contributed by atoms with Gasteiger partial charge >= 0.3 is 7.60 Å². The Morgan fingerprint density at radius 3 is 1.83 bits per heavy atom. The molecule has 0 fully saturated rings. The highest BCUT2D eigenvalue weighted by Gasteiger charge is 2.41. The summed E-state index contributed by atoms with van der Waals surface area (Å²) in [6.45, 7) is 12.8. The molecule has 0 saturated carbocycles. The minimum Gasteiger partial charge on any atom is -0.412 e. The van der Waals surface area contributed by atoms with Crippen LogP contribution in [0, 0.1) is 0 Å². The lowest BCUT2D eigenvalue weighted by Crippen LogP contribution is -2.24. The molecule has 1 atom stereocenters. The third-order valence-electron chi connectivity index (χ3n) is 5.44. The van der Waals surface area contributed by atoms with Crippen LogP contribution in [0.25, 0.3) is 11.1 Å². The van der Waals surface area contributed by atoms with E-state index in [1.54, 1.807) is 0 Å². The number of fused-ring (bicyclic) bond motifs is 3. The summed E-state index contributed by atoms with van der Waals surface area (Å²) >= 11 is 0. The highest BCUT2D eigenvalue weighted by atomic mass is 31.2. The van der Waals surface area contributed by atoms with Crippen LogP contribution in [-0.2, 0) is 15.4 Å². The average Bonchev–Trinajstić information content (AvgIpc) is 2.66. The average molecular weight is 420 g/mol.